The molecule has 4 rings (SSSR count). The standard InChI is InChI=1S/C31H40N2O7Si/c1-7-38-28(35)31(6,37)25-18-22(40-27(25)33-19-21(2)26(34)32-29(33)36)20-39-41(30(3,4)5,23-14-10-8-11-15-23)24-16-12-9-13-17-24/h8-17,19,22,25,27,37H,7,18,20H2,1-6H3,(H,32,34,36)/t22-,25+,27+,31-/m0/s1. The molecule has 1 saturated heterocycles. The second-order valence-electron chi connectivity index (χ2n) is 11.8. The van der Waals surface area contributed by atoms with E-state index in [1.165, 1.54) is 17.7 Å². The van der Waals surface area contributed by atoms with E-state index in [1.807, 2.05) is 36.4 Å². The maximum absolute atomic E-state index is 12.9. The number of aryl methyl sites for hydroxylation is 1. The number of carbonyl (C=O) groups is 1. The van der Waals surface area contributed by atoms with Gasteiger partial charge in [-0.3, -0.25) is 14.3 Å². The average Bonchev–Trinajstić information content (AvgIpc) is 3.36. The molecule has 2 aromatic carbocycles. The van der Waals surface area contributed by atoms with E-state index in [-0.39, 0.29) is 24.7 Å². The Bertz CT molecular complexity index is 1420. The molecule has 0 aliphatic carbocycles. The number of hydrogen-bond acceptors (Lipinski definition) is 7. The van der Waals surface area contributed by atoms with Crippen LogP contribution in [0.5, 0.6) is 0 Å². The molecule has 9 nitrogen and oxygen atoms in total. The third kappa shape index (κ3) is 5.87. The molecular formula is C31H40N2O7Si. The van der Waals surface area contributed by atoms with Crippen LogP contribution < -0.4 is 21.6 Å². The third-order valence-electron chi connectivity index (χ3n) is 7.93. The molecule has 220 valence electrons. The lowest BCUT2D eigenvalue weighted by Gasteiger charge is -2.43. The number of aliphatic hydroxyl groups is 1. The summed E-state index contributed by atoms with van der Waals surface area (Å²) in [6, 6.07) is 20.4. The van der Waals surface area contributed by atoms with Gasteiger partial charge in [-0.1, -0.05) is 81.4 Å². The van der Waals surface area contributed by atoms with Crippen molar-refractivity contribution in [2.45, 2.75) is 70.9 Å². The normalized spacial score (nSPS) is 20.9. The highest BCUT2D eigenvalue weighted by Gasteiger charge is 2.54. The van der Waals surface area contributed by atoms with Gasteiger partial charge in [0.15, 0.2) is 5.60 Å². The van der Waals surface area contributed by atoms with Gasteiger partial charge >= 0.3 is 11.7 Å². The number of ether oxygens (including phenoxy) is 2. The van der Waals surface area contributed by atoms with Crippen molar-refractivity contribution < 1.29 is 23.8 Å². The first-order chi connectivity index (χ1) is 19.3. The first-order valence-electron chi connectivity index (χ1n) is 13.9. The van der Waals surface area contributed by atoms with Crippen LogP contribution in [-0.4, -0.2) is 53.9 Å². The molecule has 0 amide bonds. The fraction of sp³-hybridized carbons (Fsp3) is 0.452. The molecule has 4 atom stereocenters. The summed E-state index contributed by atoms with van der Waals surface area (Å²) < 4.78 is 19.9. The third-order valence-corrected chi connectivity index (χ3v) is 12.9. The van der Waals surface area contributed by atoms with Crippen molar-refractivity contribution >= 4 is 24.7 Å². The van der Waals surface area contributed by atoms with E-state index < -0.39 is 49.4 Å². The molecule has 1 aliphatic heterocycles. The Labute approximate surface area is 241 Å². The molecule has 41 heavy (non-hydrogen) atoms. The van der Waals surface area contributed by atoms with Crippen molar-refractivity contribution in [2.75, 3.05) is 13.2 Å². The van der Waals surface area contributed by atoms with Crippen LogP contribution in [-0.2, 0) is 18.7 Å². The number of H-pyrrole nitrogens is 1. The van der Waals surface area contributed by atoms with Crippen LogP contribution in [0.15, 0.2) is 76.4 Å². The summed E-state index contributed by atoms with van der Waals surface area (Å²) in [6.07, 6.45) is 0.0157. The van der Waals surface area contributed by atoms with Crippen LogP contribution >= 0.6 is 0 Å². The van der Waals surface area contributed by atoms with Gasteiger partial charge < -0.3 is 19.0 Å². The van der Waals surface area contributed by atoms with Crippen molar-refractivity contribution in [1.29, 1.82) is 0 Å². The molecule has 1 fully saturated rings. The minimum absolute atomic E-state index is 0.0886. The molecule has 0 saturated carbocycles. The fourth-order valence-corrected chi connectivity index (χ4v) is 10.4. The summed E-state index contributed by atoms with van der Waals surface area (Å²) >= 11 is 0. The molecule has 2 heterocycles. The topological polar surface area (TPSA) is 120 Å². The number of esters is 1. The Balaban J connectivity index is 1.75. The predicted molar refractivity (Wildman–Crippen MR) is 159 cm³/mol. The Morgan fingerprint density at radius 1 is 1.05 bits per heavy atom. The lowest BCUT2D eigenvalue weighted by atomic mass is 9.85. The van der Waals surface area contributed by atoms with Crippen LogP contribution in [0.4, 0.5) is 0 Å². The highest BCUT2D eigenvalue weighted by Crippen LogP contribution is 2.43. The predicted octanol–water partition coefficient (Wildman–Crippen LogP) is 2.64. The highest BCUT2D eigenvalue weighted by atomic mass is 28.4. The summed E-state index contributed by atoms with van der Waals surface area (Å²) in [4.78, 5) is 40.1. The minimum Gasteiger partial charge on any atom is -0.464 e. The number of nitrogens with one attached hydrogen (secondary N) is 1. The van der Waals surface area contributed by atoms with Gasteiger partial charge in [0.05, 0.1) is 19.3 Å². The van der Waals surface area contributed by atoms with Gasteiger partial charge in [0.1, 0.15) is 6.23 Å². The van der Waals surface area contributed by atoms with Gasteiger partial charge in [0.2, 0.25) is 0 Å². The fourth-order valence-electron chi connectivity index (χ4n) is 5.80. The molecule has 0 bridgehead atoms. The van der Waals surface area contributed by atoms with Crippen LogP contribution in [0, 0.1) is 12.8 Å². The number of carbonyl (C=O) groups excluding carboxylic acids is 1. The van der Waals surface area contributed by atoms with Gasteiger partial charge in [-0.25, -0.2) is 9.59 Å². The minimum atomic E-state index is -2.90. The van der Waals surface area contributed by atoms with Gasteiger partial charge in [0.25, 0.3) is 13.9 Å². The van der Waals surface area contributed by atoms with Crippen molar-refractivity contribution in [1.82, 2.24) is 9.55 Å². The number of benzene rings is 2. The van der Waals surface area contributed by atoms with Crippen LogP contribution in [0.25, 0.3) is 0 Å². The van der Waals surface area contributed by atoms with E-state index in [1.54, 1.807) is 13.8 Å². The monoisotopic (exact) mass is 580 g/mol. The Kier molecular flexibility index (Phi) is 8.89. The Morgan fingerprint density at radius 2 is 1.61 bits per heavy atom. The zero-order valence-corrected chi connectivity index (χ0v) is 25.5. The molecular weight excluding hydrogens is 540 g/mol. The molecule has 3 aromatic rings. The molecule has 0 unspecified atom stereocenters. The number of rotatable bonds is 9. The SMILES string of the molecule is CCOC(=O)[C@@](C)(O)[C@@H]1C[C@@H](CO[Si](c2ccccc2)(c2ccccc2)C(C)(C)C)O[C@H]1n1cc(C)c(=O)[nH]c1=O. The van der Waals surface area contributed by atoms with Crippen LogP contribution in [0.2, 0.25) is 5.04 Å². The van der Waals surface area contributed by atoms with Crippen molar-refractivity contribution in [2.24, 2.45) is 5.92 Å². The molecule has 1 aromatic heterocycles. The molecule has 0 spiro atoms. The van der Waals surface area contributed by atoms with E-state index in [0.29, 0.717) is 5.56 Å². The quantitative estimate of drug-likeness (QED) is 0.295. The number of aromatic amines is 1. The van der Waals surface area contributed by atoms with Crippen LogP contribution in [0.3, 0.4) is 0 Å². The molecule has 0 radical (unpaired) electrons. The van der Waals surface area contributed by atoms with E-state index in [4.69, 9.17) is 13.9 Å². The van der Waals surface area contributed by atoms with Crippen molar-refractivity contribution in [3.63, 3.8) is 0 Å². The lowest BCUT2D eigenvalue weighted by molar-refractivity contribution is -0.174. The maximum atomic E-state index is 12.9. The summed E-state index contributed by atoms with van der Waals surface area (Å²) in [6.45, 7) is 11.4. The molecule has 1 aliphatic rings. The first kappa shape index (κ1) is 30.6. The zero-order valence-electron chi connectivity index (χ0n) is 24.5. The number of aromatic nitrogens is 2. The summed E-state index contributed by atoms with van der Waals surface area (Å²) in [7, 11) is -2.90. The lowest BCUT2D eigenvalue weighted by Crippen LogP contribution is -2.67. The second kappa shape index (κ2) is 11.9. The Morgan fingerprint density at radius 3 is 2.12 bits per heavy atom. The maximum Gasteiger partial charge on any atom is 0.338 e. The first-order valence-corrected chi connectivity index (χ1v) is 15.9. The largest absolute Gasteiger partial charge is 0.464 e. The highest BCUT2D eigenvalue weighted by molar-refractivity contribution is 6.99. The van der Waals surface area contributed by atoms with Crippen LogP contribution in [0.1, 0.15) is 52.8 Å². The van der Waals surface area contributed by atoms with Gasteiger partial charge in [-0.15, -0.1) is 0 Å². The van der Waals surface area contributed by atoms with Crippen molar-refractivity contribution in [3.8, 4) is 0 Å². The second-order valence-corrected chi connectivity index (χ2v) is 16.1. The van der Waals surface area contributed by atoms with E-state index >= 15 is 0 Å². The molecule has 2 N–H and O–H groups in total. The van der Waals surface area contributed by atoms with E-state index in [2.05, 4.69) is 50.0 Å². The summed E-state index contributed by atoms with van der Waals surface area (Å²) in [5, 5.41) is 13.4. The number of nitrogens with zero attached hydrogens (tertiary/aromatic N) is 1. The summed E-state index contributed by atoms with van der Waals surface area (Å²) in [5.74, 6) is -1.65. The van der Waals surface area contributed by atoms with Crippen molar-refractivity contribution in [3.05, 3.63) is 93.3 Å². The number of hydrogen-bond donors (Lipinski definition) is 2. The van der Waals surface area contributed by atoms with Gasteiger partial charge in [-0.2, -0.15) is 0 Å². The zero-order chi connectivity index (χ0) is 30.0. The summed E-state index contributed by atoms with van der Waals surface area (Å²) in [5.41, 5.74) is -2.86. The van der Waals surface area contributed by atoms with Gasteiger partial charge in [-0.05, 0) is 42.6 Å². The van der Waals surface area contributed by atoms with E-state index in [0.717, 1.165) is 10.4 Å². The van der Waals surface area contributed by atoms with E-state index in [9.17, 15) is 19.5 Å². The van der Waals surface area contributed by atoms with Gasteiger partial charge in [0, 0.05) is 17.7 Å². The smallest absolute Gasteiger partial charge is 0.338 e. The average molecular weight is 581 g/mol. The molecule has 10 heteroatoms. The Hall–Kier alpha value is -3.31.